The lowest BCUT2D eigenvalue weighted by Crippen LogP contribution is -2.38. The van der Waals surface area contributed by atoms with Gasteiger partial charge in [0.05, 0.1) is 4.90 Å². The van der Waals surface area contributed by atoms with E-state index in [9.17, 15) is 8.42 Å². The number of sulfonamides is 1. The number of hydrogen-bond donors (Lipinski definition) is 2. The van der Waals surface area contributed by atoms with Crippen LogP contribution in [-0.4, -0.2) is 19.4 Å². The number of hydrogen-bond acceptors (Lipinski definition) is 2. The van der Waals surface area contributed by atoms with E-state index in [2.05, 4.69) is 21.8 Å². The number of nitrogens with one attached hydrogen (secondary N) is 2. The standard InChI is InChI=1S/C20H22N2O2S/c1-13-7-10-20(14(2)11-13)25(23,24)22-15-8-9-19-17(12-15)16-5-3-4-6-18(16)21-19/h3-7,10-11,15,21-22H,8-9,12H2,1-2H3. The van der Waals surface area contributed by atoms with Gasteiger partial charge in [-0.15, -0.1) is 0 Å². The van der Waals surface area contributed by atoms with Crippen LogP contribution < -0.4 is 4.72 Å². The molecule has 0 spiro atoms. The third-order valence-corrected chi connectivity index (χ3v) is 6.72. The molecule has 0 aliphatic heterocycles. The molecular weight excluding hydrogens is 332 g/mol. The maximum atomic E-state index is 12.8. The number of fused-ring (bicyclic) bond motifs is 3. The fraction of sp³-hybridized carbons (Fsp3) is 0.300. The van der Waals surface area contributed by atoms with E-state index in [4.69, 9.17) is 0 Å². The topological polar surface area (TPSA) is 62.0 Å². The van der Waals surface area contributed by atoms with Crippen LogP contribution in [0.2, 0.25) is 0 Å². The predicted octanol–water partition coefficient (Wildman–Crippen LogP) is 3.62. The van der Waals surface area contributed by atoms with Crippen LogP contribution in [0.4, 0.5) is 0 Å². The van der Waals surface area contributed by atoms with Crippen LogP contribution in [0.15, 0.2) is 47.4 Å². The maximum Gasteiger partial charge on any atom is 0.241 e. The fourth-order valence-electron chi connectivity index (χ4n) is 3.85. The molecule has 1 unspecified atom stereocenters. The lowest BCUT2D eigenvalue weighted by atomic mass is 9.92. The highest BCUT2D eigenvalue weighted by Crippen LogP contribution is 2.29. The molecule has 4 rings (SSSR count). The number of H-pyrrole nitrogens is 1. The molecule has 2 N–H and O–H groups in total. The fourth-order valence-corrected chi connectivity index (χ4v) is 5.35. The SMILES string of the molecule is Cc1ccc(S(=O)(=O)NC2CCc3[nH]c4ccccc4c3C2)c(C)c1. The number of aryl methyl sites for hydroxylation is 3. The van der Waals surface area contributed by atoms with Crippen molar-refractivity contribution in [2.45, 2.75) is 44.0 Å². The van der Waals surface area contributed by atoms with Gasteiger partial charge in [-0.1, -0.05) is 35.9 Å². The van der Waals surface area contributed by atoms with Crippen molar-refractivity contribution in [1.82, 2.24) is 9.71 Å². The maximum absolute atomic E-state index is 12.8. The van der Waals surface area contributed by atoms with E-state index in [1.165, 1.54) is 16.6 Å². The van der Waals surface area contributed by atoms with Crippen LogP contribution in [0.1, 0.15) is 28.8 Å². The van der Waals surface area contributed by atoms with Crippen molar-refractivity contribution < 1.29 is 8.42 Å². The Balaban J connectivity index is 1.61. The molecule has 3 aromatic rings. The van der Waals surface area contributed by atoms with Crippen molar-refractivity contribution in [3.05, 3.63) is 64.8 Å². The molecule has 4 nitrogen and oxygen atoms in total. The molecule has 1 aliphatic rings. The number of para-hydroxylation sites is 1. The molecule has 0 saturated heterocycles. The minimum Gasteiger partial charge on any atom is -0.358 e. The third-order valence-electron chi connectivity index (χ3n) is 5.04. The van der Waals surface area contributed by atoms with Crippen LogP contribution in [0.5, 0.6) is 0 Å². The second-order valence-corrected chi connectivity index (χ2v) is 8.64. The zero-order valence-electron chi connectivity index (χ0n) is 14.5. The average Bonchev–Trinajstić information content (AvgIpc) is 2.92. The second kappa shape index (κ2) is 6.00. The van der Waals surface area contributed by atoms with Crippen LogP contribution >= 0.6 is 0 Å². The lowest BCUT2D eigenvalue weighted by molar-refractivity contribution is 0.506. The molecule has 1 atom stereocenters. The predicted molar refractivity (Wildman–Crippen MR) is 100 cm³/mol. The summed E-state index contributed by atoms with van der Waals surface area (Å²) in [5.41, 5.74) is 5.47. The first-order valence-electron chi connectivity index (χ1n) is 8.62. The summed E-state index contributed by atoms with van der Waals surface area (Å²) in [6.07, 6.45) is 2.40. The summed E-state index contributed by atoms with van der Waals surface area (Å²) >= 11 is 0. The summed E-state index contributed by atoms with van der Waals surface area (Å²) in [5.74, 6) is 0. The molecule has 0 bridgehead atoms. The third kappa shape index (κ3) is 2.98. The largest absolute Gasteiger partial charge is 0.358 e. The quantitative estimate of drug-likeness (QED) is 0.755. The van der Waals surface area contributed by atoms with Crippen molar-refractivity contribution in [3.8, 4) is 0 Å². The highest BCUT2D eigenvalue weighted by Gasteiger charge is 2.27. The lowest BCUT2D eigenvalue weighted by Gasteiger charge is -2.24. The Morgan fingerprint density at radius 3 is 2.72 bits per heavy atom. The number of aromatic amines is 1. The number of rotatable bonds is 3. The van der Waals surface area contributed by atoms with Crippen LogP contribution in [0, 0.1) is 13.8 Å². The molecule has 1 aliphatic carbocycles. The van der Waals surface area contributed by atoms with Gasteiger partial charge in [-0.05, 0) is 56.4 Å². The zero-order chi connectivity index (χ0) is 17.6. The first-order chi connectivity index (χ1) is 11.9. The first-order valence-corrected chi connectivity index (χ1v) is 10.1. The molecule has 25 heavy (non-hydrogen) atoms. The van der Waals surface area contributed by atoms with Gasteiger partial charge < -0.3 is 4.98 Å². The second-order valence-electron chi connectivity index (χ2n) is 6.96. The van der Waals surface area contributed by atoms with E-state index >= 15 is 0 Å². The summed E-state index contributed by atoms with van der Waals surface area (Å²) in [6, 6.07) is 13.6. The molecule has 0 saturated carbocycles. The van der Waals surface area contributed by atoms with Gasteiger partial charge in [0.1, 0.15) is 0 Å². The molecule has 0 radical (unpaired) electrons. The van der Waals surface area contributed by atoms with Gasteiger partial charge in [-0.25, -0.2) is 13.1 Å². The number of aromatic nitrogens is 1. The Labute approximate surface area is 148 Å². The van der Waals surface area contributed by atoms with Gasteiger partial charge in [0, 0.05) is 22.6 Å². The molecule has 0 fully saturated rings. The molecular formula is C20H22N2O2S. The van der Waals surface area contributed by atoms with Gasteiger partial charge >= 0.3 is 0 Å². The van der Waals surface area contributed by atoms with Gasteiger partial charge in [-0.2, -0.15) is 0 Å². The highest BCUT2D eigenvalue weighted by molar-refractivity contribution is 7.89. The molecule has 1 heterocycles. The Morgan fingerprint density at radius 1 is 1.12 bits per heavy atom. The van der Waals surface area contributed by atoms with Crippen molar-refractivity contribution >= 4 is 20.9 Å². The molecule has 5 heteroatoms. The van der Waals surface area contributed by atoms with Crippen molar-refractivity contribution in [2.75, 3.05) is 0 Å². The summed E-state index contributed by atoms with van der Waals surface area (Å²) in [4.78, 5) is 3.85. The molecule has 0 amide bonds. The van der Waals surface area contributed by atoms with Gasteiger partial charge in [0.15, 0.2) is 0 Å². The minimum atomic E-state index is -3.51. The van der Waals surface area contributed by atoms with E-state index in [0.29, 0.717) is 4.90 Å². The van der Waals surface area contributed by atoms with E-state index in [1.54, 1.807) is 6.07 Å². The Bertz CT molecular complexity index is 1050. The zero-order valence-corrected chi connectivity index (χ0v) is 15.3. The molecule has 1 aromatic heterocycles. The van der Waals surface area contributed by atoms with Crippen LogP contribution in [-0.2, 0) is 22.9 Å². The first kappa shape index (κ1) is 16.4. The Morgan fingerprint density at radius 2 is 1.92 bits per heavy atom. The van der Waals surface area contributed by atoms with E-state index in [0.717, 1.165) is 35.9 Å². The average molecular weight is 354 g/mol. The number of benzene rings is 2. The van der Waals surface area contributed by atoms with E-state index < -0.39 is 10.0 Å². The van der Waals surface area contributed by atoms with Crippen LogP contribution in [0.3, 0.4) is 0 Å². The van der Waals surface area contributed by atoms with Gasteiger partial charge in [0.25, 0.3) is 0 Å². The minimum absolute atomic E-state index is 0.0718. The van der Waals surface area contributed by atoms with Crippen molar-refractivity contribution in [3.63, 3.8) is 0 Å². The van der Waals surface area contributed by atoms with Crippen molar-refractivity contribution in [1.29, 1.82) is 0 Å². The Hall–Kier alpha value is -2.11. The normalized spacial score (nSPS) is 17.6. The van der Waals surface area contributed by atoms with Crippen LogP contribution in [0.25, 0.3) is 10.9 Å². The highest BCUT2D eigenvalue weighted by atomic mass is 32.2. The molecule has 2 aromatic carbocycles. The molecule has 130 valence electrons. The van der Waals surface area contributed by atoms with Crippen molar-refractivity contribution in [2.24, 2.45) is 0 Å². The van der Waals surface area contributed by atoms with E-state index in [-0.39, 0.29) is 6.04 Å². The summed E-state index contributed by atoms with van der Waals surface area (Å²) in [6.45, 7) is 3.82. The summed E-state index contributed by atoms with van der Waals surface area (Å²) < 4.78 is 28.6. The van der Waals surface area contributed by atoms with E-state index in [1.807, 2.05) is 38.1 Å². The smallest absolute Gasteiger partial charge is 0.241 e. The van der Waals surface area contributed by atoms with Gasteiger partial charge in [-0.3, -0.25) is 0 Å². The summed E-state index contributed by atoms with van der Waals surface area (Å²) in [5, 5.41) is 1.20. The summed E-state index contributed by atoms with van der Waals surface area (Å²) in [7, 11) is -3.51. The van der Waals surface area contributed by atoms with Gasteiger partial charge in [0.2, 0.25) is 10.0 Å². The monoisotopic (exact) mass is 354 g/mol. The Kier molecular flexibility index (Phi) is 3.93.